The summed E-state index contributed by atoms with van der Waals surface area (Å²) in [6, 6.07) is 2.32. The fraction of sp³-hybridized carbons (Fsp3) is 0.400. The lowest BCUT2D eigenvalue weighted by molar-refractivity contribution is 0.455. The van der Waals surface area contributed by atoms with Crippen molar-refractivity contribution in [3.05, 3.63) is 27.8 Å². The Hall–Kier alpha value is -1.36. The Morgan fingerprint density at radius 1 is 1.47 bits per heavy atom. The number of fused-ring (bicyclic) bond motifs is 1. The van der Waals surface area contributed by atoms with Crippen molar-refractivity contribution in [2.45, 2.75) is 25.2 Å². The molecule has 0 aromatic carbocycles. The molecule has 2 N–H and O–H groups in total. The van der Waals surface area contributed by atoms with E-state index in [0.717, 1.165) is 6.42 Å². The van der Waals surface area contributed by atoms with Gasteiger partial charge in [-0.3, -0.25) is 0 Å². The number of nitrogens with zero attached hydrogens (tertiary/aromatic N) is 2. The van der Waals surface area contributed by atoms with E-state index in [1.807, 2.05) is 11.3 Å². The number of nitrogen functional groups attached to an aromatic ring is 1. The average molecular weight is 221 g/mol. The first-order chi connectivity index (χ1) is 7.34. The lowest BCUT2D eigenvalue weighted by atomic mass is 9.88. The molecule has 0 radical (unpaired) electrons. The van der Waals surface area contributed by atoms with Gasteiger partial charge in [-0.15, -0.1) is 16.4 Å². The van der Waals surface area contributed by atoms with Gasteiger partial charge in [0.15, 0.2) is 0 Å². The largest absolute Gasteiger partial charge is 0.408 e. The number of nitrogens with two attached hydrogens (primary N) is 1. The first kappa shape index (κ1) is 8.91. The van der Waals surface area contributed by atoms with Crippen LogP contribution in [0.1, 0.15) is 35.1 Å². The van der Waals surface area contributed by atoms with Crippen molar-refractivity contribution in [2.24, 2.45) is 0 Å². The second kappa shape index (κ2) is 3.34. The Labute approximate surface area is 91.1 Å². The van der Waals surface area contributed by atoms with Crippen LogP contribution < -0.4 is 5.73 Å². The zero-order chi connectivity index (χ0) is 10.3. The van der Waals surface area contributed by atoms with Gasteiger partial charge in [0.25, 0.3) is 0 Å². The van der Waals surface area contributed by atoms with Gasteiger partial charge in [0, 0.05) is 4.88 Å². The van der Waals surface area contributed by atoms with Crippen LogP contribution in [0.4, 0.5) is 6.01 Å². The Balaban J connectivity index is 2.02. The Morgan fingerprint density at radius 2 is 2.40 bits per heavy atom. The summed E-state index contributed by atoms with van der Waals surface area (Å²) < 4.78 is 5.31. The molecule has 0 saturated heterocycles. The summed E-state index contributed by atoms with van der Waals surface area (Å²) in [4.78, 5) is 1.45. The number of hydrogen-bond donors (Lipinski definition) is 1. The van der Waals surface area contributed by atoms with Crippen molar-refractivity contribution in [3.8, 4) is 0 Å². The summed E-state index contributed by atoms with van der Waals surface area (Å²) in [5.41, 5.74) is 6.79. The van der Waals surface area contributed by atoms with Gasteiger partial charge in [0.05, 0.1) is 5.92 Å². The summed E-state index contributed by atoms with van der Waals surface area (Å²) in [7, 11) is 0. The Bertz CT molecular complexity index is 476. The third-order valence-electron chi connectivity index (χ3n) is 2.81. The molecule has 2 aromatic rings. The van der Waals surface area contributed by atoms with Crippen LogP contribution in [-0.2, 0) is 6.42 Å². The van der Waals surface area contributed by atoms with Crippen LogP contribution in [0.25, 0.3) is 0 Å². The second-order valence-corrected chi connectivity index (χ2v) is 4.72. The second-order valence-electron chi connectivity index (χ2n) is 3.72. The highest BCUT2D eigenvalue weighted by Crippen LogP contribution is 2.38. The third kappa shape index (κ3) is 1.43. The van der Waals surface area contributed by atoms with Crippen LogP contribution in [0, 0.1) is 0 Å². The molecule has 0 amide bonds. The molecule has 4 nitrogen and oxygen atoms in total. The van der Waals surface area contributed by atoms with Crippen molar-refractivity contribution in [3.63, 3.8) is 0 Å². The zero-order valence-electron chi connectivity index (χ0n) is 8.14. The monoisotopic (exact) mass is 221 g/mol. The SMILES string of the molecule is Nc1nnc(C2CCCc3sccc32)o1. The van der Waals surface area contributed by atoms with E-state index in [0.29, 0.717) is 5.89 Å². The minimum atomic E-state index is 0.160. The maximum atomic E-state index is 5.44. The van der Waals surface area contributed by atoms with Gasteiger partial charge in [-0.2, -0.15) is 0 Å². The predicted octanol–water partition coefficient (Wildman–Crippen LogP) is 2.18. The zero-order valence-corrected chi connectivity index (χ0v) is 8.96. The molecular formula is C10H11N3OS. The molecule has 2 heterocycles. The van der Waals surface area contributed by atoms with E-state index >= 15 is 0 Å². The highest BCUT2D eigenvalue weighted by Gasteiger charge is 2.26. The van der Waals surface area contributed by atoms with Crippen molar-refractivity contribution in [2.75, 3.05) is 5.73 Å². The molecule has 15 heavy (non-hydrogen) atoms. The van der Waals surface area contributed by atoms with Gasteiger partial charge in [0.2, 0.25) is 5.89 Å². The molecule has 5 heteroatoms. The van der Waals surface area contributed by atoms with E-state index in [9.17, 15) is 0 Å². The van der Waals surface area contributed by atoms with Crippen molar-refractivity contribution in [1.29, 1.82) is 0 Å². The van der Waals surface area contributed by atoms with E-state index < -0.39 is 0 Å². The minimum absolute atomic E-state index is 0.160. The topological polar surface area (TPSA) is 64.9 Å². The summed E-state index contributed by atoms with van der Waals surface area (Å²) >= 11 is 1.81. The van der Waals surface area contributed by atoms with Gasteiger partial charge < -0.3 is 10.2 Å². The number of thiophene rings is 1. The van der Waals surface area contributed by atoms with E-state index in [4.69, 9.17) is 10.2 Å². The minimum Gasteiger partial charge on any atom is -0.408 e. The summed E-state index contributed by atoms with van der Waals surface area (Å²) in [5.74, 6) is 0.914. The molecule has 0 saturated carbocycles. The van der Waals surface area contributed by atoms with Crippen molar-refractivity contribution >= 4 is 17.4 Å². The van der Waals surface area contributed by atoms with Crippen LogP contribution in [0.2, 0.25) is 0 Å². The van der Waals surface area contributed by atoms with Gasteiger partial charge in [-0.1, -0.05) is 5.10 Å². The van der Waals surface area contributed by atoms with E-state index in [1.54, 1.807) is 0 Å². The summed E-state index contributed by atoms with van der Waals surface area (Å²) in [6.45, 7) is 0. The number of aryl methyl sites for hydroxylation is 1. The van der Waals surface area contributed by atoms with Crippen molar-refractivity contribution in [1.82, 2.24) is 10.2 Å². The predicted molar refractivity (Wildman–Crippen MR) is 57.8 cm³/mol. The average Bonchev–Trinajstić information content (AvgIpc) is 2.84. The van der Waals surface area contributed by atoms with Crippen LogP contribution in [0.5, 0.6) is 0 Å². The van der Waals surface area contributed by atoms with Gasteiger partial charge in [-0.25, -0.2) is 0 Å². The molecule has 78 valence electrons. The molecule has 0 aliphatic heterocycles. The fourth-order valence-corrected chi connectivity index (χ4v) is 3.12. The quantitative estimate of drug-likeness (QED) is 0.801. The number of anilines is 1. The third-order valence-corrected chi connectivity index (χ3v) is 3.80. The van der Waals surface area contributed by atoms with Crippen molar-refractivity contribution < 1.29 is 4.42 Å². The molecule has 1 atom stereocenters. The summed E-state index contributed by atoms with van der Waals surface area (Å²) in [5, 5.41) is 9.82. The Kier molecular flexibility index (Phi) is 1.98. The first-order valence-electron chi connectivity index (χ1n) is 5.00. The number of hydrogen-bond acceptors (Lipinski definition) is 5. The van der Waals surface area contributed by atoms with Crippen LogP contribution >= 0.6 is 11.3 Å². The summed E-state index contributed by atoms with van der Waals surface area (Å²) in [6.07, 6.45) is 3.43. The maximum Gasteiger partial charge on any atom is 0.312 e. The van der Waals surface area contributed by atoms with Gasteiger partial charge in [-0.05, 0) is 36.3 Å². The molecular weight excluding hydrogens is 210 g/mol. The van der Waals surface area contributed by atoms with E-state index in [2.05, 4.69) is 21.6 Å². The lowest BCUT2D eigenvalue weighted by Gasteiger charge is -2.18. The molecule has 1 aliphatic rings. The molecule has 0 spiro atoms. The molecule has 3 rings (SSSR count). The van der Waals surface area contributed by atoms with Crippen LogP contribution in [0.15, 0.2) is 15.9 Å². The first-order valence-corrected chi connectivity index (χ1v) is 5.87. The van der Waals surface area contributed by atoms with Crippen LogP contribution in [-0.4, -0.2) is 10.2 Å². The lowest BCUT2D eigenvalue weighted by Crippen LogP contribution is -2.08. The van der Waals surface area contributed by atoms with Gasteiger partial charge >= 0.3 is 6.01 Å². The standard InChI is InChI=1S/C10H11N3OS/c11-10-13-12-9(14-10)7-2-1-3-8-6(7)4-5-15-8/h4-5,7H,1-3H2,(H2,11,13). The van der Waals surface area contributed by atoms with Gasteiger partial charge in [0.1, 0.15) is 0 Å². The molecule has 1 unspecified atom stereocenters. The molecule has 2 aromatic heterocycles. The number of rotatable bonds is 1. The fourth-order valence-electron chi connectivity index (χ4n) is 2.13. The highest BCUT2D eigenvalue weighted by atomic mass is 32.1. The molecule has 0 fully saturated rings. The highest BCUT2D eigenvalue weighted by molar-refractivity contribution is 7.10. The molecule has 0 bridgehead atoms. The maximum absolute atomic E-state index is 5.44. The Morgan fingerprint density at radius 3 is 3.20 bits per heavy atom. The van der Waals surface area contributed by atoms with E-state index in [-0.39, 0.29) is 11.9 Å². The smallest absolute Gasteiger partial charge is 0.312 e. The normalized spacial score (nSPS) is 20.1. The molecule has 1 aliphatic carbocycles. The van der Waals surface area contributed by atoms with E-state index in [1.165, 1.54) is 23.3 Å². The van der Waals surface area contributed by atoms with Crippen LogP contribution in [0.3, 0.4) is 0 Å². The number of aromatic nitrogens is 2.